The van der Waals surface area contributed by atoms with Crippen LogP contribution in [0.2, 0.25) is 0 Å². The fourth-order valence-corrected chi connectivity index (χ4v) is 4.18. The SMILES string of the molecule is C/C=C\NC(=O)[C@@H]1NC(=O)O[C@]2(C(=O)Nc3c(Br)cccc32)[C@@H]1OC(=O)c1ccccc1. The third-order valence-corrected chi connectivity index (χ3v) is 5.80. The second kappa shape index (κ2) is 8.46. The summed E-state index contributed by atoms with van der Waals surface area (Å²) in [5.41, 5.74) is -1.23. The summed E-state index contributed by atoms with van der Waals surface area (Å²) in [6.45, 7) is 1.69. The van der Waals surface area contributed by atoms with Gasteiger partial charge in [0, 0.05) is 10.0 Å². The lowest BCUT2D eigenvalue weighted by Gasteiger charge is -2.42. The van der Waals surface area contributed by atoms with Crippen molar-refractivity contribution in [2.75, 3.05) is 5.32 Å². The number of fused-ring (bicyclic) bond motifs is 2. The van der Waals surface area contributed by atoms with Crippen molar-refractivity contribution in [1.29, 1.82) is 0 Å². The Morgan fingerprint density at radius 1 is 1.16 bits per heavy atom. The van der Waals surface area contributed by atoms with E-state index >= 15 is 0 Å². The van der Waals surface area contributed by atoms with Crippen LogP contribution in [0.5, 0.6) is 0 Å². The van der Waals surface area contributed by atoms with Crippen LogP contribution < -0.4 is 16.0 Å². The molecule has 1 saturated heterocycles. The maximum absolute atomic E-state index is 13.2. The van der Waals surface area contributed by atoms with E-state index in [0.717, 1.165) is 0 Å². The largest absolute Gasteiger partial charge is 0.451 e. The number of amides is 3. The van der Waals surface area contributed by atoms with E-state index in [1.54, 1.807) is 49.4 Å². The second-order valence-electron chi connectivity index (χ2n) is 7.06. The molecule has 2 aromatic rings. The maximum atomic E-state index is 13.2. The van der Waals surface area contributed by atoms with Crippen molar-refractivity contribution < 1.29 is 28.7 Å². The highest BCUT2D eigenvalue weighted by molar-refractivity contribution is 9.10. The number of ether oxygens (including phenoxy) is 2. The molecule has 3 atom stereocenters. The standard InChI is InChI=1S/C22H18BrN3O6/c1-2-11-24-18(27)16-17(31-19(28)12-7-4-3-5-8-12)22(32-21(30)26-16)13-9-6-10-14(23)15(13)25-20(22)29/h2-11,16-17H,1H3,(H,24,27)(H,25,29)(H,26,30)/b11-2-/t16-,17-,22+/m1/s1. The van der Waals surface area contributed by atoms with Gasteiger partial charge in [0.25, 0.3) is 17.4 Å². The number of allylic oxidation sites excluding steroid dienone is 1. The number of hydrogen-bond donors (Lipinski definition) is 3. The predicted molar refractivity (Wildman–Crippen MR) is 116 cm³/mol. The highest BCUT2D eigenvalue weighted by Gasteiger charge is 2.65. The van der Waals surface area contributed by atoms with Gasteiger partial charge in [-0.15, -0.1) is 0 Å². The number of anilines is 1. The highest BCUT2D eigenvalue weighted by atomic mass is 79.9. The molecule has 164 valence electrons. The molecule has 9 nitrogen and oxygen atoms in total. The highest BCUT2D eigenvalue weighted by Crippen LogP contribution is 2.47. The number of halogens is 1. The molecule has 0 unspecified atom stereocenters. The van der Waals surface area contributed by atoms with Crippen LogP contribution in [0.4, 0.5) is 10.5 Å². The van der Waals surface area contributed by atoms with Gasteiger partial charge in [0.05, 0.1) is 11.3 Å². The van der Waals surface area contributed by atoms with Crippen LogP contribution in [0, 0.1) is 0 Å². The lowest BCUT2D eigenvalue weighted by atomic mass is 9.83. The van der Waals surface area contributed by atoms with E-state index in [9.17, 15) is 19.2 Å². The van der Waals surface area contributed by atoms with Crippen molar-refractivity contribution in [3.63, 3.8) is 0 Å². The topological polar surface area (TPSA) is 123 Å². The average molecular weight is 500 g/mol. The van der Waals surface area contributed by atoms with Gasteiger partial charge in [-0.2, -0.15) is 0 Å². The molecule has 2 aliphatic heterocycles. The molecule has 32 heavy (non-hydrogen) atoms. The van der Waals surface area contributed by atoms with Crippen LogP contribution in [0.3, 0.4) is 0 Å². The fourth-order valence-electron chi connectivity index (χ4n) is 3.71. The Kier molecular flexibility index (Phi) is 5.70. The summed E-state index contributed by atoms with van der Waals surface area (Å²) in [5, 5.41) is 7.54. The predicted octanol–water partition coefficient (Wildman–Crippen LogP) is 2.58. The van der Waals surface area contributed by atoms with Gasteiger partial charge < -0.3 is 25.4 Å². The Morgan fingerprint density at radius 3 is 2.62 bits per heavy atom. The van der Waals surface area contributed by atoms with Gasteiger partial charge in [0.2, 0.25) is 0 Å². The van der Waals surface area contributed by atoms with Gasteiger partial charge in [-0.1, -0.05) is 36.4 Å². The molecule has 2 heterocycles. The normalized spacial score (nSPS) is 23.8. The average Bonchev–Trinajstić information content (AvgIpc) is 3.07. The van der Waals surface area contributed by atoms with Gasteiger partial charge in [-0.25, -0.2) is 9.59 Å². The van der Waals surface area contributed by atoms with E-state index in [1.165, 1.54) is 18.3 Å². The summed E-state index contributed by atoms with van der Waals surface area (Å²) in [6.07, 6.45) is 0.440. The molecule has 1 spiro atoms. The first kappa shape index (κ1) is 21.6. The van der Waals surface area contributed by atoms with Gasteiger partial charge in [0.15, 0.2) is 12.1 Å². The molecule has 0 aliphatic carbocycles. The van der Waals surface area contributed by atoms with Gasteiger partial charge in [-0.3, -0.25) is 9.59 Å². The van der Waals surface area contributed by atoms with E-state index in [1.807, 2.05) is 0 Å². The van der Waals surface area contributed by atoms with E-state index < -0.39 is 41.6 Å². The Labute approximate surface area is 191 Å². The molecule has 4 rings (SSSR count). The van der Waals surface area contributed by atoms with E-state index in [4.69, 9.17) is 9.47 Å². The van der Waals surface area contributed by atoms with Crippen LogP contribution in [0.15, 0.2) is 65.3 Å². The summed E-state index contributed by atoms with van der Waals surface area (Å²) in [5.74, 6) is -2.19. The number of carbonyl (C=O) groups is 4. The summed E-state index contributed by atoms with van der Waals surface area (Å²) >= 11 is 3.36. The van der Waals surface area contributed by atoms with Crippen LogP contribution in [0.25, 0.3) is 0 Å². The van der Waals surface area contributed by atoms with Crippen LogP contribution in [-0.4, -0.2) is 36.0 Å². The van der Waals surface area contributed by atoms with Crippen LogP contribution >= 0.6 is 15.9 Å². The number of nitrogens with one attached hydrogen (secondary N) is 3. The van der Waals surface area contributed by atoms with Gasteiger partial charge >= 0.3 is 12.1 Å². The number of hydrogen-bond acceptors (Lipinski definition) is 6. The van der Waals surface area contributed by atoms with Crippen LogP contribution in [0.1, 0.15) is 22.8 Å². The molecule has 0 bridgehead atoms. The van der Waals surface area contributed by atoms with Crippen molar-refractivity contribution in [3.8, 4) is 0 Å². The maximum Gasteiger partial charge on any atom is 0.409 e. The first-order valence-corrected chi connectivity index (χ1v) is 10.4. The molecular weight excluding hydrogens is 482 g/mol. The smallest absolute Gasteiger partial charge is 0.409 e. The first-order valence-electron chi connectivity index (χ1n) is 9.66. The summed E-state index contributed by atoms with van der Waals surface area (Å²) < 4.78 is 11.7. The molecule has 3 amide bonds. The van der Waals surface area contributed by atoms with Crippen molar-refractivity contribution in [2.45, 2.75) is 24.7 Å². The lowest BCUT2D eigenvalue weighted by Crippen LogP contribution is -2.68. The van der Waals surface area contributed by atoms with Crippen molar-refractivity contribution >= 4 is 45.5 Å². The zero-order valence-corrected chi connectivity index (χ0v) is 18.3. The van der Waals surface area contributed by atoms with E-state index in [-0.39, 0.29) is 11.1 Å². The summed E-state index contributed by atoms with van der Waals surface area (Å²) in [7, 11) is 0. The molecule has 1 fully saturated rings. The summed E-state index contributed by atoms with van der Waals surface area (Å²) in [6, 6.07) is 11.6. The van der Waals surface area contributed by atoms with Crippen LogP contribution in [-0.2, 0) is 24.7 Å². The minimum absolute atomic E-state index is 0.208. The molecular formula is C22H18BrN3O6. The number of carbonyl (C=O) groups excluding carboxylic acids is 4. The lowest BCUT2D eigenvalue weighted by molar-refractivity contribution is -0.162. The molecule has 0 aromatic heterocycles. The van der Waals surface area contributed by atoms with E-state index in [2.05, 4.69) is 31.9 Å². The van der Waals surface area contributed by atoms with Crippen molar-refractivity contribution in [3.05, 3.63) is 76.4 Å². The molecule has 0 radical (unpaired) electrons. The number of esters is 1. The molecule has 2 aliphatic rings. The zero-order chi connectivity index (χ0) is 22.9. The molecule has 10 heteroatoms. The van der Waals surface area contributed by atoms with Gasteiger partial charge in [-0.05, 0) is 47.3 Å². The Bertz CT molecular complexity index is 1140. The third-order valence-electron chi connectivity index (χ3n) is 5.14. The Hall–Kier alpha value is -3.66. The van der Waals surface area contributed by atoms with Crippen molar-refractivity contribution in [1.82, 2.24) is 10.6 Å². The monoisotopic (exact) mass is 499 g/mol. The molecule has 3 N–H and O–H groups in total. The zero-order valence-electron chi connectivity index (χ0n) is 16.8. The molecule has 0 saturated carbocycles. The fraction of sp³-hybridized carbons (Fsp3) is 0.182. The molecule has 2 aromatic carbocycles. The number of alkyl carbamates (subject to hydrolysis) is 1. The van der Waals surface area contributed by atoms with E-state index in [0.29, 0.717) is 10.2 Å². The van der Waals surface area contributed by atoms with Gasteiger partial charge in [0.1, 0.15) is 0 Å². The minimum atomic E-state index is -2.07. The number of rotatable bonds is 4. The minimum Gasteiger partial charge on any atom is -0.451 e. The first-order chi connectivity index (χ1) is 15.4. The Balaban J connectivity index is 1.84. The quantitative estimate of drug-likeness (QED) is 0.555. The second-order valence-corrected chi connectivity index (χ2v) is 7.92. The number of para-hydroxylation sites is 1. The number of benzene rings is 2. The van der Waals surface area contributed by atoms with Crippen molar-refractivity contribution in [2.24, 2.45) is 0 Å². The summed E-state index contributed by atoms with van der Waals surface area (Å²) in [4.78, 5) is 51.6. The Morgan fingerprint density at radius 2 is 1.91 bits per heavy atom. The third kappa shape index (κ3) is 3.52.